The number of carbonyl (C=O) groups excluding carboxylic acids is 1. The molecule has 0 spiro atoms. The second-order valence-electron chi connectivity index (χ2n) is 5.71. The molecule has 0 aliphatic heterocycles. The zero-order chi connectivity index (χ0) is 19.6. The third-order valence-electron chi connectivity index (χ3n) is 3.98. The van der Waals surface area contributed by atoms with Gasteiger partial charge in [-0.15, -0.1) is 11.3 Å². The number of nitro groups is 1. The van der Waals surface area contributed by atoms with Gasteiger partial charge in [-0.2, -0.15) is 5.10 Å². The van der Waals surface area contributed by atoms with Gasteiger partial charge in [-0.3, -0.25) is 19.6 Å². The number of nitrogens with one attached hydrogen (secondary N) is 1. The molecule has 0 fully saturated rings. The Morgan fingerprint density at radius 2 is 2.07 bits per heavy atom. The molecule has 0 saturated heterocycles. The molecular weight excluding hydrogens is 371 g/mol. The van der Waals surface area contributed by atoms with E-state index in [-0.39, 0.29) is 16.3 Å². The van der Waals surface area contributed by atoms with Gasteiger partial charge in [0.05, 0.1) is 26.9 Å². The molecule has 27 heavy (non-hydrogen) atoms. The minimum absolute atomic E-state index is 0.0203. The van der Waals surface area contributed by atoms with E-state index in [2.05, 4.69) is 10.4 Å². The fourth-order valence-corrected chi connectivity index (χ4v) is 3.67. The monoisotopic (exact) mass is 388 g/mol. The molecule has 1 aromatic carbocycles. The van der Waals surface area contributed by atoms with Gasteiger partial charge >= 0.3 is 0 Å². The fourth-order valence-electron chi connectivity index (χ4n) is 2.63. The van der Waals surface area contributed by atoms with Gasteiger partial charge in [0.15, 0.2) is 0 Å². The number of thiophene rings is 1. The van der Waals surface area contributed by atoms with Crippen molar-refractivity contribution in [3.8, 4) is 10.6 Å². The highest BCUT2D eigenvalue weighted by molar-refractivity contribution is 7.18. The summed E-state index contributed by atoms with van der Waals surface area (Å²) < 4.78 is 15.4. The highest BCUT2D eigenvalue weighted by Gasteiger charge is 2.26. The summed E-state index contributed by atoms with van der Waals surface area (Å²) in [5, 5.41) is 18.4. The molecule has 3 rings (SSSR count). The van der Waals surface area contributed by atoms with Gasteiger partial charge in [-0.1, -0.05) is 19.1 Å². The van der Waals surface area contributed by atoms with Crippen LogP contribution in [0.15, 0.2) is 36.4 Å². The lowest BCUT2D eigenvalue weighted by molar-refractivity contribution is -0.383. The van der Waals surface area contributed by atoms with E-state index >= 15 is 0 Å². The standard InChI is InChI=1S/C18H17FN4O3S/c1-3-11-9-14(22(4-2)21-11)17-15(23(25)26)10-16(27-17)18(24)20-13-8-6-5-7-12(13)19/h5-10H,3-4H2,1-2H3,(H,20,24). The molecule has 0 aliphatic carbocycles. The van der Waals surface area contributed by atoms with Gasteiger partial charge in [0.2, 0.25) is 0 Å². The maximum atomic E-state index is 13.8. The van der Waals surface area contributed by atoms with Gasteiger partial charge in [-0.25, -0.2) is 4.39 Å². The minimum atomic E-state index is -0.599. The van der Waals surface area contributed by atoms with Crippen LogP contribution < -0.4 is 5.32 Å². The second-order valence-corrected chi connectivity index (χ2v) is 6.76. The lowest BCUT2D eigenvalue weighted by Crippen LogP contribution is -2.11. The number of amides is 1. The Morgan fingerprint density at radius 1 is 1.33 bits per heavy atom. The molecular formula is C18H17FN4O3S. The minimum Gasteiger partial charge on any atom is -0.319 e. The number of halogens is 1. The van der Waals surface area contributed by atoms with Crippen LogP contribution in [0.4, 0.5) is 15.8 Å². The Balaban J connectivity index is 2.01. The molecule has 0 radical (unpaired) electrons. The Hall–Kier alpha value is -3.07. The summed E-state index contributed by atoms with van der Waals surface area (Å²) in [7, 11) is 0. The molecule has 7 nitrogen and oxygen atoms in total. The van der Waals surface area contributed by atoms with E-state index in [0.29, 0.717) is 23.5 Å². The van der Waals surface area contributed by atoms with Crippen LogP contribution in [0.1, 0.15) is 29.2 Å². The molecule has 2 aromatic heterocycles. The second kappa shape index (κ2) is 7.67. The third-order valence-corrected chi connectivity index (χ3v) is 5.13. The Bertz CT molecular complexity index is 1010. The Morgan fingerprint density at radius 3 is 2.70 bits per heavy atom. The van der Waals surface area contributed by atoms with Gasteiger partial charge < -0.3 is 5.32 Å². The molecule has 0 aliphatic rings. The van der Waals surface area contributed by atoms with Crippen LogP contribution in [0.2, 0.25) is 0 Å². The van der Waals surface area contributed by atoms with Crippen molar-refractivity contribution in [2.45, 2.75) is 26.8 Å². The number of aryl methyl sites for hydroxylation is 2. The van der Waals surface area contributed by atoms with Crippen LogP contribution >= 0.6 is 11.3 Å². The first-order chi connectivity index (χ1) is 12.9. The number of anilines is 1. The van der Waals surface area contributed by atoms with Gasteiger partial charge in [-0.05, 0) is 31.5 Å². The zero-order valence-electron chi connectivity index (χ0n) is 14.7. The highest BCUT2D eigenvalue weighted by atomic mass is 32.1. The molecule has 1 amide bonds. The number of para-hydroxylation sites is 1. The third kappa shape index (κ3) is 3.72. The number of hydrogen-bond acceptors (Lipinski definition) is 5. The molecule has 0 bridgehead atoms. The topological polar surface area (TPSA) is 90.1 Å². The first-order valence-electron chi connectivity index (χ1n) is 8.35. The summed E-state index contributed by atoms with van der Waals surface area (Å²) in [5.41, 5.74) is 1.26. The molecule has 9 heteroatoms. The molecule has 1 N–H and O–H groups in total. The van der Waals surface area contributed by atoms with Gasteiger partial charge in [0, 0.05) is 12.6 Å². The maximum absolute atomic E-state index is 13.8. The number of nitrogens with zero attached hydrogens (tertiary/aromatic N) is 3. The van der Waals surface area contributed by atoms with E-state index in [1.54, 1.807) is 16.8 Å². The van der Waals surface area contributed by atoms with Crippen molar-refractivity contribution in [1.29, 1.82) is 0 Å². The van der Waals surface area contributed by atoms with Gasteiger partial charge in [0.1, 0.15) is 10.7 Å². The van der Waals surface area contributed by atoms with Crippen molar-refractivity contribution in [1.82, 2.24) is 9.78 Å². The van der Waals surface area contributed by atoms with E-state index in [9.17, 15) is 19.3 Å². The number of aromatic nitrogens is 2. The molecule has 0 saturated carbocycles. The largest absolute Gasteiger partial charge is 0.319 e. The van der Waals surface area contributed by atoms with Crippen LogP contribution in [0.25, 0.3) is 10.6 Å². The molecule has 3 aromatic rings. The summed E-state index contributed by atoms with van der Waals surface area (Å²) in [4.78, 5) is 24.0. The normalized spacial score (nSPS) is 10.8. The lowest BCUT2D eigenvalue weighted by atomic mass is 10.2. The number of hydrogen-bond donors (Lipinski definition) is 1. The van der Waals surface area contributed by atoms with E-state index in [1.807, 2.05) is 13.8 Å². The number of benzene rings is 1. The summed E-state index contributed by atoms with van der Waals surface area (Å²) >= 11 is 0.991. The Kier molecular flexibility index (Phi) is 5.31. The van der Waals surface area contributed by atoms with Crippen molar-refractivity contribution in [2.24, 2.45) is 0 Å². The summed E-state index contributed by atoms with van der Waals surface area (Å²) in [5.74, 6) is -1.17. The predicted octanol–water partition coefficient (Wildman–Crippen LogP) is 4.49. The van der Waals surface area contributed by atoms with Crippen molar-refractivity contribution in [3.05, 3.63) is 62.9 Å². The molecule has 140 valence electrons. The average Bonchev–Trinajstić information content (AvgIpc) is 3.27. The Labute approximate surface area is 158 Å². The van der Waals surface area contributed by atoms with E-state index < -0.39 is 16.6 Å². The summed E-state index contributed by atoms with van der Waals surface area (Å²) in [6, 6.07) is 8.76. The van der Waals surface area contributed by atoms with Crippen molar-refractivity contribution in [2.75, 3.05) is 5.32 Å². The van der Waals surface area contributed by atoms with Crippen LogP contribution in [0.3, 0.4) is 0 Å². The van der Waals surface area contributed by atoms with Crippen molar-refractivity contribution >= 4 is 28.6 Å². The molecule has 2 heterocycles. The van der Waals surface area contributed by atoms with Crippen LogP contribution in [-0.4, -0.2) is 20.6 Å². The van der Waals surface area contributed by atoms with Crippen molar-refractivity contribution in [3.63, 3.8) is 0 Å². The first kappa shape index (κ1) is 18.7. The summed E-state index contributed by atoms with van der Waals surface area (Å²) in [6.45, 7) is 4.38. The summed E-state index contributed by atoms with van der Waals surface area (Å²) in [6.07, 6.45) is 0.694. The zero-order valence-corrected chi connectivity index (χ0v) is 15.5. The average molecular weight is 388 g/mol. The van der Waals surface area contributed by atoms with Crippen molar-refractivity contribution < 1.29 is 14.1 Å². The van der Waals surface area contributed by atoms with Crippen LogP contribution in [0, 0.1) is 15.9 Å². The van der Waals surface area contributed by atoms with Gasteiger partial charge in [0.25, 0.3) is 11.6 Å². The van der Waals surface area contributed by atoms with E-state index in [1.165, 1.54) is 24.3 Å². The fraction of sp³-hybridized carbons (Fsp3) is 0.222. The SMILES string of the molecule is CCc1cc(-c2sc(C(=O)Nc3ccccc3F)cc2[N+](=O)[O-])n(CC)n1. The smallest absolute Gasteiger partial charge is 0.290 e. The number of rotatable bonds is 6. The quantitative estimate of drug-likeness (QED) is 0.497. The predicted molar refractivity (Wildman–Crippen MR) is 102 cm³/mol. The van der Waals surface area contributed by atoms with Crippen LogP contribution in [-0.2, 0) is 13.0 Å². The lowest BCUT2D eigenvalue weighted by Gasteiger charge is -2.04. The van der Waals surface area contributed by atoms with Crippen LogP contribution in [0.5, 0.6) is 0 Å². The molecule has 0 unspecified atom stereocenters. The number of carbonyl (C=O) groups is 1. The molecule has 0 atom stereocenters. The van der Waals surface area contributed by atoms with E-state index in [0.717, 1.165) is 17.0 Å². The van der Waals surface area contributed by atoms with E-state index in [4.69, 9.17) is 0 Å². The first-order valence-corrected chi connectivity index (χ1v) is 9.17. The highest BCUT2D eigenvalue weighted by Crippen LogP contribution is 2.39. The maximum Gasteiger partial charge on any atom is 0.290 e.